The van der Waals surface area contributed by atoms with E-state index >= 15 is 0 Å². The average molecular weight is 662 g/mol. The fraction of sp³-hybridized carbons (Fsp3) is 0.0909. The molecule has 3 aromatic rings. The van der Waals surface area contributed by atoms with Crippen molar-refractivity contribution in [1.82, 2.24) is 0 Å². The van der Waals surface area contributed by atoms with Gasteiger partial charge in [0, 0.05) is 21.2 Å². The molecule has 5 aliphatic rings. The van der Waals surface area contributed by atoms with Crippen LogP contribution in [0.25, 0.3) is 50.6 Å². The Morgan fingerprint density at radius 2 is 0.872 bits per heavy atom. The summed E-state index contributed by atoms with van der Waals surface area (Å²) in [6.45, 7) is 8.82. The second-order valence-electron chi connectivity index (χ2n) is 12.9. The lowest BCUT2D eigenvalue weighted by molar-refractivity contribution is 1.49. The quantitative estimate of drug-likeness (QED) is 0.165. The summed E-state index contributed by atoms with van der Waals surface area (Å²) in [4.78, 5) is 0. The number of fused-ring (bicyclic) bond motifs is 3. The van der Waals surface area contributed by atoms with Crippen molar-refractivity contribution in [3.63, 3.8) is 0 Å². The molecule has 228 valence electrons. The highest BCUT2D eigenvalue weighted by atomic mass is 35.5. The van der Waals surface area contributed by atoms with Crippen LogP contribution < -0.4 is 15.6 Å². The number of hydrogen-bond acceptors (Lipinski definition) is 0. The van der Waals surface area contributed by atoms with Crippen LogP contribution in [0.4, 0.5) is 0 Å². The Hall–Kier alpha value is -4.40. The summed E-state index contributed by atoms with van der Waals surface area (Å²) < 4.78 is 0. The number of halogens is 2. The van der Waals surface area contributed by atoms with Crippen LogP contribution >= 0.6 is 23.2 Å². The maximum Gasteiger partial charge on any atom is 0.176 e. The van der Waals surface area contributed by atoms with Gasteiger partial charge in [0.05, 0.1) is 0 Å². The Labute approximate surface area is 288 Å². The van der Waals surface area contributed by atoms with Crippen LogP contribution in [0, 0.1) is 27.7 Å². The standard InChI is InChI=1S/C44H34Cl2Si/c1-27-19-21-37(43(45)34-25-29(3)39(41(27)34)32-14-7-5-8-15-32)47(24-23-31-13-11-12-18-36(31)47)38-22-20-28(2)42-35(44(38)46)26-30(4)40(42)33-16-9-6-10-17-33/h5-26H,1-4H3. The molecule has 0 fully saturated rings. The van der Waals surface area contributed by atoms with E-state index in [4.69, 9.17) is 23.2 Å². The molecule has 0 spiro atoms. The second-order valence-corrected chi connectivity index (χ2v) is 17.3. The van der Waals surface area contributed by atoms with E-state index in [1.54, 1.807) is 0 Å². The zero-order chi connectivity index (χ0) is 32.4. The third-order valence-corrected chi connectivity index (χ3v) is 15.8. The van der Waals surface area contributed by atoms with Crippen LogP contribution in [0.5, 0.6) is 0 Å². The molecule has 0 unspecified atom stereocenters. The van der Waals surface area contributed by atoms with Gasteiger partial charge in [0.15, 0.2) is 8.07 Å². The fourth-order valence-corrected chi connectivity index (χ4v) is 13.8. The molecule has 8 rings (SSSR count). The summed E-state index contributed by atoms with van der Waals surface area (Å²) in [5.41, 5.74) is 18.1. The van der Waals surface area contributed by atoms with Crippen LogP contribution in [-0.2, 0) is 0 Å². The molecule has 1 heterocycles. The zero-order valence-corrected chi connectivity index (χ0v) is 29.5. The molecule has 0 bridgehead atoms. The Balaban J connectivity index is 1.44. The maximum absolute atomic E-state index is 7.76. The summed E-state index contributed by atoms with van der Waals surface area (Å²) >= 11 is 15.5. The number of hydrogen-bond donors (Lipinski definition) is 0. The topological polar surface area (TPSA) is 0 Å². The SMILES string of the molecule is Cc1cc2c(Cl)c([Si]3(c4ccc(C)c5c(-c6ccccc6)c(C)cc-5c4Cl)C=Cc4ccccc43)ccc(C)c-2c1-c1ccccc1. The van der Waals surface area contributed by atoms with Crippen LogP contribution in [-0.4, -0.2) is 8.07 Å². The average Bonchev–Trinajstić information content (AvgIpc) is 3.72. The predicted molar refractivity (Wildman–Crippen MR) is 206 cm³/mol. The molecule has 0 saturated heterocycles. The lowest BCUT2D eigenvalue weighted by Crippen LogP contribution is -2.65. The lowest BCUT2D eigenvalue weighted by atomic mass is 9.97. The van der Waals surface area contributed by atoms with Gasteiger partial charge in [0.2, 0.25) is 0 Å². The maximum atomic E-state index is 7.76. The molecule has 0 amide bonds. The van der Waals surface area contributed by atoms with Gasteiger partial charge in [0.25, 0.3) is 0 Å². The van der Waals surface area contributed by atoms with Crippen molar-refractivity contribution >= 4 is 52.9 Å². The van der Waals surface area contributed by atoms with Crippen molar-refractivity contribution in [2.45, 2.75) is 27.7 Å². The van der Waals surface area contributed by atoms with E-state index in [2.05, 4.69) is 161 Å². The monoisotopic (exact) mass is 660 g/mol. The van der Waals surface area contributed by atoms with E-state index < -0.39 is 8.07 Å². The van der Waals surface area contributed by atoms with E-state index in [0.29, 0.717) is 0 Å². The number of benzene rings is 3. The Morgan fingerprint density at radius 3 is 1.36 bits per heavy atom. The van der Waals surface area contributed by atoms with Crippen LogP contribution in [0.15, 0.2) is 127 Å². The highest BCUT2D eigenvalue weighted by Gasteiger charge is 2.45. The molecule has 4 aliphatic carbocycles. The molecule has 0 aromatic heterocycles. The first-order valence-corrected chi connectivity index (χ1v) is 19.0. The largest absolute Gasteiger partial charge is 0.176 e. The molecule has 0 N–H and O–H groups in total. The molecular formula is C44H34Cl2Si. The highest BCUT2D eigenvalue weighted by molar-refractivity contribution is 7.17. The first-order chi connectivity index (χ1) is 22.8. The molecule has 0 nitrogen and oxygen atoms in total. The molecule has 47 heavy (non-hydrogen) atoms. The third-order valence-electron chi connectivity index (χ3n) is 10.2. The van der Waals surface area contributed by atoms with Crippen molar-refractivity contribution in [1.29, 1.82) is 0 Å². The van der Waals surface area contributed by atoms with Gasteiger partial charge in [0.1, 0.15) is 0 Å². The summed E-state index contributed by atoms with van der Waals surface area (Å²) in [6.07, 6.45) is 2.29. The molecule has 3 heteroatoms. The van der Waals surface area contributed by atoms with Crippen LogP contribution in [0.2, 0.25) is 10.0 Å². The van der Waals surface area contributed by atoms with Gasteiger partial charge in [-0.3, -0.25) is 0 Å². The summed E-state index contributed by atoms with van der Waals surface area (Å²) in [6, 6.07) is 43.8. The van der Waals surface area contributed by atoms with Gasteiger partial charge in [-0.1, -0.05) is 144 Å². The normalized spacial score (nSPS) is 13.4. The van der Waals surface area contributed by atoms with Gasteiger partial charge in [-0.25, -0.2) is 0 Å². The summed E-state index contributed by atoms with van der Waals surface area (Å²) in [5.74, 6) is 0. The fourth-order valence-electron chi connectivity index (χ4n) is 8.05. The first-order valence-electron chi connectivity index (χ1n) is 16.2. The number of aryl methyl sites for hydroxylation is 4. The van der Waals surface area contributed by atoms with Crippen LogP contribution in [0.1, 0.15) is 27.8 Å². The van der Waals surface area contributed by atoms with Crippen molar-refractivity contribution in [3.8, 4) is 44.5 Å². The molecule has 0 atom stereocenters. The lowest BCUT2D eigenvalue weighted by Gasteiger charge is -2.29. The van der Waals surface area contributed by atoms with Crippen molar-refractivity contribution < 1.29 is 0 Å². The smallest absolute Gasteiger partial charge is 0.0837 e. The Kier molecular flexibility index (Phi) is 7.26. The minimum atomic E-state index is -2.90. The minimum Gasteiger partial charge on any atom is -0.0837 e. The van der Waals surface area contributed by atoms with E-state index in [-0.39, 0.29) is 0 Å². The van der Waals surface area contributed by atoms with E-state index in [0.717, 1.165) is 31.5 Å². The van der Waals surface area contributed by atoms with Gasteiger partial charge in [-0.2, -0.15) is 0 Å². The van der Waals surface area contributed by atoms with Gasteiger partial charge in [-0.05, 0) is 117 Å². The van der Waals surface area contributed by atoms with E-state index in [9.17, 15) is 0 Å². The molecule has 0 saturated carbocycles. The van der Waals surface area contributed by atoms with E-state index in [1.807, 2.05) is 0 Å². The summed E-state index contributed by atoms with van der Waals surface area (Å²) in [5, 5.41) is 5.26. The van der Waals surface area contributed by atoms with Gasteiger partial charge < -0.3 is 0 Å². The van der Waals surface area contributed by atoms with Gasteiger partial charge >= 0.3 is 0 Å². The van der Waals surface area contributed by atoms with Crippen LogP contribution in [0.3, 0.4) is 0 Å². The number of rotatable bonds is 4. The van der Waals surface area contributed by atoms with Crippen molar-refractivity contribution in [2.75, 3.05) is 0 Å². The third kappa shape index (κ3) is 4.48. The van der Waals surface area contributed by atoms with Crippen molar-refractivity contribution in [3.05, 3.63) is 165 Å². The Bertz CT molecular complexity index is 2170. The predicted octanol–water partition coefficient (Wildman–Crippen LogP) is 10.8. The van der Waals surface area contributed by atoms with Gasteiger partial charge in [-0.15, -0.1) is 0 Å². The summed E-state index contributed by atoms with van der Waals surface area (Å²) in [7, 11) is -2.90. The molecule has 3 aromatic carbocycles. The van der Waals surface area contributed by atoms with E-state index in [1.165, 1.54) is 66.4 Å². The molecule has 0 radical (unpaired) electrons. The molecular weight excluding hydrogens is 627 g/mol. The minimum absolute atomic E-state index is 0.811. The first kappa shape index (κ1) is 30.0. The zero-order valence-electron chi connectivity index (χ0n) is 27.0. The van der Waals surface area contributed by atoms with Crippen molar-refractivity contribution in [2.24, 2.45) is 0 Å². The Morgan fingerprint density at radius 1 is 0.426 bits per heavy atom. The second kappa shape index (κ2) is 11.4. The molecule has 1 aliphatic heterocycles. The highest BCUT2D eigenvalue weighted by Crippen LogP contribution is 2.46.